The third-order valence-corrected chi connectivity index (χ3v) is 5.11. The van der Waals surface area contributed by atoms with Gasteiger partial charge in [0.25, 0.3) is 5.91 Å². The van der Waals surface area contributed by atoms with Crippen molar-refractivity contribution in [3.8, 4) is 23.0 Å². The summed E-state index contributed by atoms with van der Waals surface area (Å²) in [5, 5.41) is 7.55. The number of carbonyl (C=O) groups excluding carboxylic acids is 1. The van der Waals surface area contributed by atoms with E-state index in [0.717, 1.165) is 16.8 Å². The van der Waals surface area contributed by atoms with Crippen molar-refractivity contribution in [2.24, 2.45) is 0 Å². The first-order valence-corrected chi connectivity index (χ1v) is 9.88. The number of aromatic nitrogens is 2. The molecule has 1 aromatic heterocycles. The highest BCUT2D eigenvalue weighted by Gasteiger charge is 2.33. The summed E-state index contributed by atoms with van der Waals surface area (Å²) < 4.78 is 16.9. The van der Waals surface area contributed by atoms with Gasteiger partial charge in [0.2, 0.25) is 12.3 Å². The molecule has 7 nitrogen and oxygen atoms in total. The average Bonchev–Trinajstić information content (AvgIpc) is 3.38. The zero-order valence-corrected chi connectivity index (χ0v) is 16.5. The van der Waals surface area contributed by atoms with E-state index >= 15 is 0 Å². The largest absolute Gasteiger partial charge is 0.489 e. The van der Waals surface area contributed by atoms with Crippen LogP contribution >= 0.6 is 0 Å². The van der Waals surface area contributed by atoms with Crippen LogP contribution < -0.4 is 14.4 Å². The molecule has 7 heteroatoms. The average molecular weight is 413 g/mol. The Morgan fingerprint density at radius 3 is 2.55 bits per heavy atom. The Labute approximate surface area is 178 Å². The van der Waals surface area contributed by atoms with Crippen molar-refractivity contribution in [1.82, 2.24) is 10.2 Å². The molecule has 1 aliphatic heterocycles. The van der Waals surface area contributed by atoms with Gasteiger partial charge in [-0.1, -0.05) is 42.5 Å². The molecule has 0 unspecified atom stereocenters. The normalized spacial score (nSPS) is 15.1. The van der Waals surface area contributed by atoms with Gasteiger partial charge in [0.15, 0.2) is 6.61 Å². The van der Waals surface area contributed by atoms with Crippen molar-refractivity contribution in [2.45, 2.75) is 6.04 Å². The maximum atomic E-state index is 13.3. The third kappa shape index (κ3) is 3.85. The standard InChI is InChI=1S/C24H19N3O4/c28-23(15-29-19-12-10-18(11-13-19)24-26-25-16-31-24)27-20-8-4-5-9-22(20)30-14-21(27)17-6-2-1-3-7-17/h1-13,16,21H,14-15H2/t21-/m0/s1. The number of para-hydroxylation sites is 2. The van der Waals surface area contributed by atoms with Crippen molar-refractivity contribution >= 4 is 11.6 Å². The van der Waals surface area contributed by atoms with Gasteiger partial charge in [-0.2, -0.15) is 0 Å². The van der Waals surface area contributed by atoms with E-state index in [4.69, 9.17) is 13.9 Å². The molecular formula is C24H19N3O4. The maximum Gasteiger partial charge on any atom is 0.265 e. The fraction of sp³-hybridized carbons (Fsp3) is 0.125. The van der Waals surface area contributed by atoms with Gasteiger partial charge >= 0.3 is 0 Å². The second-order valence-electron chi connectivity index (χ2n) is 7.03. The summed E-state index contributed by atoms with van der Waals surface area (Å²) in [6, 6.07) is 24.4. The lowest BCUT2D eigenvalue weighted by Crippen LogP contribution is -2.43. The second kappa shape index (κ2) is 8.31. The Bertz CT molecular complexity index is 1160. The third-order valence-electron chi connectivity index (χ3n) is 5.11. The smallest absolute Gasteiger partial charge is 0.265 e. The number of benzene rings is 3. The van der Waals surface area contributed by atoms with E-state index in [-0.39, 0.29) is 18.6 Å². The first kappa shape index (κ1) is 18.9. The summed E-state index contributed by atoms with van der Waals surface area (Å²) in [6.45, 7) is 0.281. The number of nitrogens with zero attached hydrogens (tertiary/aromatic N) is 3. The highest BCUT2D eigenvalue weighted by atomic mass is 16.5. The summed E-state index contributed by atoms with van der Waals surface area (Å²) >= 11 is 0. The number of anilines is 1. The van der Waals surface area contributed by atoms with E-state index in [1.807, 2.05) is 66.7 Å². The van der Waals surface area contributed by atoms with Gasteiger partial charge in [-0.25, -0.2) is 0 Å². The van der Waals surface area contributed by atoms with Gasteiger partial charge < -0.3 is 13.9 Å². The molecule has 3 aromatic carbocycles. The summed E-state index contributed by atoms with van der Waals surface area (Å²) in [4.78, 5) is 15.0. The monoisotopic (exact) mass is 413 g/mol. The van der Waals surface area contributed by atoms with Crippen LogP contribution in [0.1, 0.15) is 11.6 Å². The molecule has 0 aliphatic carbocycles. The first-order valence-electron chi connectivity index (χ1n) is 9.88. The lowest BCUT2D eigenvalue weighted by molar-refractivity contribution is -0.121. The second-order valence-corrected chi connectivity index (χ2v) is 7.03. The summed E-state index contributed by atoms with van der Waals surface area (Å²) in [6.07, 6.45) is 1.28. The van der Waals surface area contributed by atoms with Crippen LogP contribution in [0.2, 0.25) is 0 Å². The highest BCUT2D eigenvalue weighted by Crippen LogP contribution is 2.39. The molecule has 0 saturated carbocycles. The molecular weight excluding hydrogens is 394 g/mol. The van der Waals surface area contributed by atoms with Gasteiger partial charge in [0, 0.05) is 5.56 Å². The number of ether oxygens (including phenoxy) is 2. The van der Waals surface area contributed by atoms with Crippen LogP contribution in [0.25, 0.3) is 11.5 Å². The maximum absolute atomic E-state index is 13.3. The molecule has 2 heterocycles. The molecule has 1 aliphatic rings. The Balaban J connectivity index is 1.36. The number of amides is 1. The lowest BCUT2D eigenvalue weighted by Gasteiger charge is -2.37. The summed E-state index contributed by atoms with van der Waals surface area (Å²) in [5.41, 5.74) is 2.53. The number of fused-ring (bicyclic) bond motifs is 1. The molecule has 0 N–H and O–H groups in total. The van der Waals surface area contributed by atoms with Gasteiger partial charge in [0.1, 0.15) is 18.1 Å². The van der Waals surface area contributed by atoms with Crippen LogP contribution in [-0.4, -0.2) is 29.3 Å². The molecule has 0 bridgehead atoms. The molecule has 4 aromatic rings. The van der Waals surface area contributed by atoms with Crippen LogP contribution in [0.5, 0.6) is 11.5 Å². The van der Waals surface area contributed by atoms with Crippen LogP contribution in [0, 0.1) is 0 Å². The molecule has 0 spiro atoms. The fourth-order valence-corrected chi connectivity index (χ4v) is 3.63. The molecule has 1 amide bonds. The van der Waals surface area contributed by atoms with Crippen LogP contribution in [0.4, 0.5) is 5.69 Å². The van der Waals surface area contributed by atoms with E-state index in [1.54, 1.807) is 17.0 Å². The van der Waals surface area contributed by atoms with Crippen molar-refractivity contribution < 1.29 is 18.7 Å². The van der Waals surface area contributed by atoms with Crippen molar-refractivity contribution in [1.29, 1.82) is 0 Å². The molecule has 31 heavy (non-hydrogen) atoms. The van der Waals surface area contributed by atoms with Crippen LogP contribution in [-0.2, 0) is 4.79 Å². The van der Waals surface area contributed by atoms with Crippen molar-refractivity contribution in [2.75, 3.05) is 18.1 Å². The minimum absolute atomic E-state index is 0.0996. The summed E-state index contributed by atoms with van der Waals surface area (Å²) in [5.74, 6) is 1.55. The number of carbonyl (C=O) groups is 1. The van der Waals surface area contributed by atoms with E-state index in [0.29, 0.717) is 24.0 Å². The number of rotatable bonds is 5. The van der Waals surface area contributed by atoms with Crippen molar-refractivity contribution in [3.63, 3.8) is 0 Å². The van der Waals surface area contributed by atoms with Gasteiger partial charge in [-0.15, -0.1) is 10.2 Å². The SMILES string of the molecule is O=C(COc1ccc(-c2nnco2)cc1)N1c2ccccc2OC[C@H]1c1ccccc1. The fourth-order valence-electron chi connectivity index (χ4n) is 3.63. The highest BCUT2D eigenvalue weighted by molar-refractivity contribution is 5.97. The van der Waals surface area contributed by atoms with Gasteiger partial charge in [0.05, 0.1) is 11.7 Å². The molecule has 1 atom stereocenters. The van der Waals surface area contributed by atoms with Crippen LogP contribution in [0.3, 0.4) is 0 Å². The van der Waals surface area contributed by atoms with Crippen LogP contribution in [0.15, 0.2) is 89.7 Å². The summed E-state index contributed by atoms with van der Waals surface area (Å²) in [7, 11) is 0. The molecule has 0 fully saturated rings. The van der Waals surface area contributed by atoms with Gasteiger partial charge in [-0.3, -0.25) is 9.69 Å². The minimum Gasteiger partial charge on any atom is -0.489 e. The van der Waals surface area contributed by atoms with E-state index in [9.17, 15) is 4.79 Å². The van der Waals surface area contributed by atoms with E-state index < -0.39 is 0 Å². The predicted molar refractivity (Wildman–Crippen MR) is 114 cm³/mol. The zero-order valence-electron chi connectivity index (χ0n) is 16.5. The Morgan fingerprint density at radius 1 is 1.00 bits per heavy atom. The first-order chi connectivity index (χ1) is 15.3. The number of hydrogen-bond acceptors (Lipinski definition) is 6. The molecule has 0 saturated heterocycles. The molecule has 5 rings (SSSR count). The topological polar surface area (TPSA) is 77.7 Å². The predicted octanol–water partition coefficient (Wildman–Crippen LogP) is 4.28. The quantitative estimate of drug-likeness (QED) is 0.486. The molecule has 154 valence electrons. The zero-order chi connectivity index (χ0) is 21.0. The lowest BCUT2D eigenvalue weighted by atomic mass is 10.0. The Hall–Kier alpha value is -4.13. The Kier molecular flexibility index (Phi) is 5.06. The van der Waals surface area contributed by atoms with Gasteiger partial charge in [-0.05, 0) is 42.0 Å². The van der Waals surface area contributed by atoms with Crippen molar-refractivity contribution in [3.05, 3.63) is 90.8 Å². The van der Waals surface area contributed by atoms with E-state index in [2.05, 4.69) is 10.2 Å². The minimum atomic E-state index is -0.230. The Morgan fingerprint density at radius 2 is 1.77 bits per heavy atom. The van der Waals surface area contributed by atoms with E-state index in [1.165, 1.54) is 6.39 Å². The molecule has 0 radical (unpaired) electrons. The number of hydrogen-bond donors (Lipinski definition) is 0.